The van der Waals surface area contributed by atoms with Crippen LogP contribution in [0, 0.1) is 11.6 Å². The Kier molecular flexibility index (Phi) is 3.39. The van der Waals surface area contributed by atoms with E-state index in [9.17, 15) is 8.78 Å². The monoisotopic (exact) mass is 256 g/mol. The van der Waals surface area contributed by atoms with Gasteiger partial charge >= 0.3 is 0 Å². The van der Waals surface area contributed by atoms with Crippen LogP contribution in [0.1, 0.15) is 5.56 Å². The maximum absolute atomic E-state index is 13.6. The molecule has 0 aliphatic heterocycles. The van der Waals surface area contributed by atoms with E-state index in [0.29, 0.717) is 10.7 Å². The highest BCUT2D eigenvalue weighted by Crippen LogP contribution is 2.30. The van der Waals surface area contributed by atoms with Gasteiger partial charge in [0.15, 0.2) is 5.16 Å². The Labute approximate surface area is 101 Å². The van der Waals surface area contributed by atoms with Gasteiger partial charge in [-0.3, -0.25) is 0 Å². The van der Waals surface area contributed by atoms with Crippen molar-refractivity contribution in [2.75, 3.05) is 0 Å². The lowest BCUT2D eigenvalue weighted by Gasteiger charge is -2.06. The lowest BCUT2D eigenvalue weighted by molar-refractivity contribution is 0.536. The summed E-state index contributed by atoms with van der Waals surface area (Å²) in [4.78, 5) is 3.79. The summed E-state index contributed by atoms with van der Waals surface area (Å²) in [5.74, 6) is -1.28. The summed E-state index contributed by atoms with van der Waals surface area (Å²) in [6.07, 6.45) is 1.33. The second-order valence-corrected chi connectivity index (χ2v) is 4.34. The minimum Gasteiger partial charge on any atom is -0.326 e. The highest BCUT2D eigenvalue weighted by atomic mass is 32.2. The fourth-order valence-corrected chi connectivity index (χ4v) is 2.07. The van der Waals surface area contributed by atoms with E-state index in [1.54, 1.807) is 7.05 Å². The Morgan fingerprint density at radius 2 is 2.00 bits per heavy atom. The van der Waals surface area contributed by atoms with Crippen molar-refractivity contribution in [2.24, 2.45) is 12.8 Å². The van der Waals surface area contributed by atoms with Crippen LogP contribution in [0.15, 0.2) is 28.5 Å². The third-order valence-corrected chi connectivity index (χ3v) is 3.30. The predicted molar refractivity (Wildman–Crippen MR) is 59.4 cm³/mol. The van der Waals surface area contributed by atoms with Crippen LogP contribution in [-0.4, -0.2) is 14.8 Å². The van der Waals surface area contributed by atoms with Gasteiger partial charge in [0.25, 0.3) is 0 Å². The molecular formula is C10H10F2N4S. The quantitative estimate of drug-likeness (QED) is 0.908. The molecule has 0 atom stereocenters. The summed E-state index contributed by atoms with van der Waals surface area (Å²) in [5.41, 5.74) is 5.75. The number of nitrogens with zero attached hydrogens (tertiary/aromatic N) is 3. The van der Waals surface area contributed by atoms with Crippen LogP contribution in [0.2, 0.25) is 0 Å². The van der Waals surface area contributed by atoms with Crippen LogP contribution in [0.25, 0.3) is 0 Å². The molecular weight excluding hydrogens is 246 g/mol. The lowest BCUT2D eigenvalue weighted by Crippen LogP contribution is -2.00. The van der Waals surface area contributed by atoms with Gasteiger partial charge in [0.05, 0.1) is 4.90 Å². The molecule has 0 bridgehead atoms. The van der Waals surface area contributed by atoms with Crippen molar-refractivity contribution in [1.82, 2.24) is 14.8 Å². The topological polar surface area (TPSA) is 56.7 Å². The molecule has 0 aliphatic carbocycles. The highest BCUT2D eigenvalue weighted by molar-refractivity contribution is 7.99. The van der Waals surface area contributed by atoms with Crippen LogP contribution in [0.4, 0.5) is 8.78 Å². The molecule has 0 unspecified atom stereocenters. The van der Waals surface area contributed by atoms with Crippen molar-refractivity contribution in [3.05, 3.63) is 35.7 Å². The molecule has 0 saturated heterocycles. The number of benzene rings is 1. The van der Waals surface area contributed by atoms with Crippen LogP contribution >= 0.6 is 11.8 Å². The third kappa shape index (κ3) is 2.45. The van der Waals surface area contributed by atoms with Gasteiger partial charge in [-0.2, -0.15) is 5.10 Å². The minimum atomic E-state index is -0.640. The normalized spacial score (nSPS) is 10.8. The Morgan fingerprint density at radius 1 is 1.35 bits per heavy atom. The summed E-state index contributed by atoms with van der Waals surface area (Å²) in [6.45, 7) is 0.0999. The van der Waals surface area contributed by atoms with Gasteiger partial charge in [-0.05, 0) is 29.5 Å². The number of nitrogens with two attached hydrogens (primary N) is 1. The lowest BCUT2D eigenvalue weighted by atomic mass is 10.2. The van der Waals surface area contributed by atoms with Gasteiger partial charge in [-0.25, -0.2) is 18.4 Å². The largest absolute Gasteiger partial charge is 0.326 e. The molecule has 0 radical (unpaired) electrons. The molecule has 2 rings (SSSR count). The summed E-state index contributed by atoms with van der Waals surface area (Å²) in [5, 5.41) is 4.25. The zero-order chi connectivity index (χ0) is 12.4. The standard InChI is InChI=1S/C10H10F2N4S/c1-16-10(14-5-15-16)17-9-7(11)2-6(4-13)3-8(9)12/h2-3,5H,4,13H2,1H3. The maximum Gasteiger partial charge on any atom is 0.190 e. The number of halogens is 2. The Hall–Kier alpha value is -1.47. The van der Waals surface area contributed by atoms with Crippen molar-refractivity contribution in [3.8, 4) is 0 Å². The van der Waals surface area contributed by atoms with E-state index in [1.807, 2.05) is 0 Å². The first-order chi connectivity index (χ1) is 8.11. The van der Waals surface area contributed by atoms with Crippen molar-refractivity contribution >= 4 is 11.8 Å². The zero-order valence-corrected chi connectivity index (χ0v) is 9.84. The van der Waals surface area contributed by atoms with Crippen molar-refractivity contribution < 1.29 is 8.78 Å². The second-order valence-electron chi connectivity index (χ2n) is 3.36. The molecule has 2 N–H and O–H groups in total. The third-order valence-electron chi connectivity index (χ3n) is 2.16. The van der Waals surface area contributed by atoms with E-state index in [-0.39, 0.29) is 11.4 Å². The molecule has 4 nitrogen and oxygen atoms in total. The van der Waals surface area contributed by atoms with Crippen LogP contribution < -0.4 is 5.73 Å². The SMILES string of the molecule is Cn1ncnc1Sc1c(F)cc(CN)cc1F. The summed E-state index contributed by atoms with van der Waals surface area (Å²) in [6, 6.07) is 2.45. The van der Waals surface area contributed by atoms with E-state index in [0.717, 1.165) is 11.8 Å². The first-order valence-electron chi connectivity index (χ1n) is 4.81. The van der Waals surface area contributed by atoms with Gasteiger partial charge in [0, 0.05) is 13.6 Å². The molecule has 2 aromatic rings. The zero-order valence-electron chi connectivity index (χ0n) is 9.02. The van der Waals surface area contributed by atoms with E-state index in [4.69, 9.17) is 5.73 Å². The maximum atomic E-state index is 13.6. The van der Waals surface area contributed by atoms with Gasteiger partial charge in [0.2, 0.25) is 0 Å². The van der Waals surface area contributed by atoms with Gasteiger partial charge in [-0.15, -0.1) is 0 Å². The molecule has 0 aliphatic rings. The van der Waals surface area contributed by atoms with E-state index >= 15 is 0 Å². The van der Waals surface area contributed by atoms with E-state index in [1.165, 1.54) is 23.1 Å². The molecule has 1 heterocycles. The van der Waals surface area contributed by atoms with E-state index < -0.39 is 11.6 Å². The molecule has 90 valence electrons. The number of hydrogen-bond donors (Lipinski definition) is 1. The molecule has 7 heteroatoms. The molecule has 17 heavy (non-hydrogen) atoms. The van der Waals surface area contributed by atoms with Gasteiger partial charge in [-0.1, -0.05) is 0 Å². The molecule has 0 amide bonds. The molecule has 0 fully saturated rings. The first-order valence-corrected chi connectivity index (χ1v) is 5.63. The Morgan fingerprint density at radius 3 is 2.47 bits per heavy atom. The average molecular weight is 256 g/mol. The Bertz CT molecular complexity index is 518. The fraction of sp³-hybridized carbons (Fsp3) is 0.200. The summed E-state index contributed by atoms with van der Waals surface area (Å²) in [7, 11) is 1.65. The number of rotatable bonds is 3. The van der Waals surface area contributed by atoms with Crippen LogP contribution in [0.3, 0.4) is 0 Å². The highest BCUT2D eigenvalue weighted by Gasteiger charge is 2.14. The summed E-state index contributed by atoms with van der Waals surface area (Å²) >= 11 is 0.892. The predicted octanol–water partition coefficient (Wildman–Crippen LogP) is 1.70. The molecule has 0 saturated carbocycles. The minimum absolute atomic E-state index is 0.0988. The van der Waals surface area contributed by atoms with Gasteiger partial charge < -0.3 is 5.73 Å². The summed E-state index contributed by atoms with van der Waals surface area (Å²) < 4.78 is 28.7. The Balaban J connectivity index is 2.36. The number of hydrogen-bond acceptors (Lipinski definition) is 4. The fourth-order valence-electron chi connectivity index (χ4n) is 1.30. The number of aromatic nitrogens is 3. The molecule has 1 aromatic heterocycles. The van der Waals surface area contributed by atoms with E-state index in [2.05, 4.69) is 10.1 Å². The second kappa shape index (κ2) is 4.80. The molecule has 1 aromatic carbocycles. The van der Waals surface area contributed by atoms with Crippen molar-refractivity contribution in [2.45, 2.75) is 16.6 Å². The van der Waals surface area contributed by atoms with Crippen molar-refractivity contribution in [3.63, 3.8) is 0 Å². The average Bonchev–Trinajstić information content (AvgIpc) is 2.69. The first kappa shape index (κ1) is 12.0. The van der Waals surface area contributed by atoms with Crippen LogP contribution in [-0.2, 0) is 13.6 Å². The van der Waals surface area contributed by atoms with Gasteiger partial charge in [0.1, 0.15) is 18.0 Å². The number of aryl methyl sites for hydroxylation is 1. The molecule has 0 spiro atoms. The smallest absolute Gasteiger partial charge is 0.190 e. The van der Waals surface area contributed by atoms with Crippen LogP contribution in [0.5, 0.6) is 0 Å². The van der Waals surface area contributed by atoms with Crippen molar-refractivity contribution in [1.29, 1.82) is 0 Å².